The molecule has 0 saturated carbocycles. The van der Waals surface area contributed by atoms with E-state index >= 15 is 0 Å². The molecule has 0 aliphatic carbocycles. The first kappa shape index (κ1) is 49.7. The third-order valence-electron chi connectivity index (χ3n) is 10.2. The maximum absolute atomic E-state index is 14.3. The molecule has 16 atom stereocenters. The zero-order chi connectivity index (χ0) is 59.4. The molecule has 36 heteroatoms. The van der Waals surface area contributed by atoms with Crippen LogP contribution in [0.2, 0.25) is 0 Å². The summed E-state index contributed by atoms with van der Waals surface area (Å²) < 4.78 is 121. The van der Waals surface area contributed by atoms with Gasteiger partial charge in [-0.1, -0.05) is 48.9 Å². The summed E-state index contributed by atoms with van der Waals surface area (Å²) in [5, 5.41) is 113. The Hall–Kier alpha value is -4.52. The molecule has 16 N–H and O–H groups in total. The molecule has 4 saturated heterocycles. The largest absolute Gasteiger partial charge is 0.390 e. The predicted octanol–water partition coefficient (Wildman–Crippen LogP) is -4.74. The van der Waals surface area contributed by atoms with Gasteiger partial charge in [0.25, 0.3) is 23.4 Å². The number of aliphatic hydroxyl groups is 12. The van der Waals surface area contributed by atoms with Gasteiger partial charge >= 0.3 is 22.8 Å². The number of nitrogens with zero attached hydrogens (tertiary/aromatic N) is 4. The van der Waals surface area contributed by atoms with E-state index in [-0.39, 0.29) is 18.6 Å². The van der Waals surface area contributed by atoms with E-state index in [1.165, 1.54) is 24.4 Å². The molecular formula is C36H44F4N8O20S4. The number of hydrogen-bond acceptors (Lipinski definition) is 24. The summed E-state index contributed by atoms with van der Waals surface area (Å²) in [5.41, 5.74) is -3.54. The van der Waals surface area contributed by atoms with Crippen LogP contribution in [-0.2, 0) is 18.9 Å². The lowest BCUT2D eigenvalue weighted by Gasteiger charge is -2.19. The molecule has 8 heterocycles. The fourth-order valence-corrected chi connectivity index (χ4v) is 7.01. The molecule has 4 aliphatic heterocycles. The number of aromatic amines is 4. The molecule has 0 bridgehead atoms. The Balaban J connectivity index is 0.000000192. The summed E-state index contributed by atoms with van der Waals surface area (Å²) in [6, 6.07) is 4.97. The van der Waals surface area contributed by atoms with Gasteiger partial charge in [0.2, 0.25) is 0 Å². The van der Waals surface area contributed by atoms with Crippen LogP contribution in [0.5, 0.6) is 0 Å². The number of rotatable bonds is 8. The summed E-state index contributed by atoms with van der Waals surface area (Å²) in [5.74, 6) is -13.2. The molecule has 4 aromatic heterocycles. The molecule has 0 amide bonds. The summed E-state index contributed by atoms with van der Waals surface area (Å²) in [6.45, 7) is -9.71. The van der Waals surface area contributed by atoms with Crippen LogP contribution in [0.3, 0.4) is 0 Å². The van der Waals surface area contributed by atoms with Crippen molar-refractivity contribution in [1.82, 2.24) is 38.2 Å². The van der Waals surface area contributed by atoms with Crippen LogP contribution in [-0.4, -0.2) is 198 Å². The fraction of sp³-hybridized carbons (Fsp3) is 0.556. The van der Waals surface area contributed by atoms with Gasteiger partial charge in [-0.3, -0.25) is 38.2 Å². The van der Waals surface area contributed by atoms with Crippen LogP contribution < -0.4 is 22.8 Å². The highest BCUT2D eigenvalue weighted by Crippen LogP contribution is 2.40. The highest BCUT2D eigenvalue weighted by atomic mass is 32.1. The minimum absolute atomic E-state index is 0.00288. The molecular weight excluding hydrogens is 1070 g/mol. The standard InChI is InChI=1S/4C9H11FN2O5S/c4*10-9(3-13)6(15)5(14)7(17-9)12-2-1-4(18)11-8(12)16/h4*1-2,5-7,13-15H,3H2,(H,11,16,18)/t4*5-,6+,7-,9-/m1111/s1/i3D2,7D;7D;3D2;. The number of nitrogens with one attached hydrogen (secondary N) is 4. The zero-order valence-electron chi connectivity index (χ0n) is 41.4. The minimum Gasteiger partial charge on any atom is -0.390 e. The van der Waals surface area contributed by atoms with E-state index in [1.807, 2.05) is 0 Å². The van der Waals surface area contributed by atoms with E-state index in [0.29, 0.717) is 13.7 Å². The fourth-order valence-electron chi connectivity index (χ4n) is 6.42. The van der Waals surface area contributed by atoms with Crippen molar-refractivity contribution in [2.75, 3.05) is 26.3 Å². The average Bonchev–Trinajstić information content (AvgIpc) is 3.87. The molecule has 0 radical (unpaired) electrons. The lowest BCUT2D eigenvalue weighted by molar-refractivity contribution is -0.207. The van der Waals surface area contributed by atoms with Gasteiger partial charge < -0.3 is 80.2 Å². The molecule has 8 rings (SSSR count). The summed E-state index contributed by atoms with van der Waals surface area (Å²) in [7, 11) is 0. The summed E-state index contributed by atoms with van der Waals surface area (Å²) in [4.78, 5) is 55.3. The third-order valence-corrected chi connectivity index (χ3v) is 11.2. The second-order valence-electron chi connectivity index (χ2n) is 14.9. The van der Waals surface area contributed by atoms with Crippen LogP contribution in [0.1, 0.15) is 33.1 Å². The zero-order valence-corrected chi connectivity index (χ0v) is 38.6. The Morgan fingerprint density at radius 2 is 0.722 bits per heavy atom. The number of halogens is 4. The van der Waals surface area contributed by atoms with Crippen LogP contribution >= 0.6 is 48.9 Å². The minimum atomic E-state index is -3.81. The Bertz CT molecular complexity index is 3340. The normalized spacial score (nSPS) is 39.6. The van der Waals surface area contributed by atoms with Crippen molar-refractivity contribution in [2.24, 2.45) is 0 Å². The number of H-pyrrole nitrogens is 4. The predicted molar refractivity (Wildman–Crippen MR) is 236 cm³/mol. The van der Waals surface area contributed by atoms with E-state index < -0.39 is 146 Å². The summed E-state index contributed by atoms with van der Waals surface area (Å²) in [6.07, 6.45) is -21.7. The Morgan fingerprint density at radius 1 is 0.472 bits per heavy atom. The number of ether oxygens (including phenoxy) is 4. The topological polar surface area (TPSA) is 431 Å². The maximum Gasteiger partial charge on any atom is 0.328 e. The number of hydrogen-bond donors (Lipinski definition) is 16. The molecule has 0 aromatic carbocycles. The first-order chi connectivity index (χ1) is 35.6. The van der Waals surface area contributed by atoms with Crippen molar-refractivity contribution >= 4 is 48.9 Å². The lowest BCUT2D eigenvalue weighted by atomic mass is 10.1. The van der Waals surface area contributed by atoms with Crippen molar-refractivity contribution in [1.29, 1.82) is 0 Å². The molecule has 0 spiro atoms. The molecule has 0 unspecified atom stereocenters. The van der Waals surface area contributed by atoms with Gasteiger partial charge in [0, 0.05) is 24.8 Å². The van der Waals surface area contributed by atoms with Crippen molar-refractivity contribution in [3.8, 4) is 0 Å². The Morgan fingerprint density at radius 3 is 0.986 bits per heavy atom. The van der Waals surface area contributed by atoms with Gasteiger partial charge in [0.15, 0.2) is 24.9 Å². The highest BCUT2D eigenvalue weighted by molar-refractivity contribution is 7.72. The van der Waals surface area contributed by atoms with Gasteiger partial charge in [0.1, 0.15) is 93.7 Å². The molecule has 72 heavy (non-hydrogen) atoms. The van der Waals surface area contributed by atoms with Crippen molar-refractivity contribution in [2.45, 2.75) is 97.1 Å². The van der Waals surface area contributed by atoms with Crippen LogP contribution in [0.4, 0.5) is 17.6 Å². The number of aliphatic hydroxyl groups excluding tert-OH is 10. The van der Waals surface area contributed by atoms with Gasteiger partial charge in [-0.2, -0.15) is 0 Å². The molecule has 28 nitrogen and oxygen atoms in total. The molecule has 4 aliphatic rings. The second kappa shape index (κ2) is 22.9. The second-order valence-corrected chi connectivity index (χ2v) is 16.7. The smallest absolute Gasteiger partial charge is 0.328 e. The van der Waals surface area contributed by atoms with E-state index in [2.05, 4.69) is 46.4 Å². The van der Waals surface area contributed by atoms with Crippen LogP contribution in [0.25, 0.3) is 0 Å². The highest BCUT2D eigenvalue weighted by Gasteiger charge is 2.59. The number of aromatic nitrogens is 8. The van der Waals surface area contributed by atoms with Gasteiger partial charge in [-0.15, -0.1) is 0 Å². The van der Waals surface area contributed by atoms with Gasteiger partial charge in [-0.25, -0.2) is 36.7 Å². The Kier molecular flexibility index (Phi) is 15.8. The van der Waals surface area contributed by atoms with E-state index in [4.69, 9.17) is 70.0 Å². The first-order valence-electron chi connectivity index (χ1n) is 22.5. The maximum atomic E-state index is 14.3. The number of alkyl halides is 4. The van der Waals surface area contributed by atoms with Gasteiger partial charge in [-0.05, 0) is 24.3 Å². The van der Waals surface area contributed by atoms with Crippen molar-refractivity contribution in [3.05, 3.63) is 110 Å². The van der Waals surface area contributed by atoms with Gasteiger partial charge in [0.05, 0.1) is 8.22 Å². The molecule has 4 fully saturated rings. The summed E-state index contributed by atoms with van der Waals surface area (Å²) >= 11 is 18.8. The first-order valence-corrected chi connectivity index (χ1v) is 21.2. The van der Waals surface area contributed by atoms with Crippen molar-refractivity contribution in [3.63, 3.8) is 0 Å². The van der Waals surface area contributed by atoms with Crippen LogP contribution in [0.15, 0.2) is 68.2 Å². The van der Waals surface area contributed by atoms with E-state index in [1.54, 1.807) is 0 Å². The monoisotopic (exact) mass is 1120 g/mol. The quantitative estimate of drug-likeness (QED) is 0.0582. The van der Waals surface area contributed by atoms with E-state index in [0.717, 1.165) is 29.2 Å². The molecule has 400 valence electrons. The molecule has 4 aromatic rings. The van der Waals surface area contributed by atoms with Crippen molar-refractivity contribution < 1.29 is 106 Å². The average molecular weight is 1120 g/mol. The Labute approximate surface area is 425 Å². The third kappa shape index (κ3) is 11.9. The van der Waals surface area contributed by atoms with E-state index in [9.17, 15) is 77.6 Å². The van der Waals surface area contributed by atoms with Crippen LogP contribution in [0, 0.1) is 18.6 Å². The SMILES string of the molecule is O=c1[nH]c(=S)ccn1[C@@H]1O[C@](F)(CO)[C@@H](O)[C@H]1O.[2H]C([2H])(O)[C@@]1(F)O[C@@H](n2ccc(=S)[nH]c2=O)[C@H](O)[C@@H]1O.[2H]C([2H])(O)[C@@]1(F)O[C@@]([2H])(n2ccc(=S)[nH]c2=O)[C@H](O)[C@@H]1O.[2H][C@@]1(n2ccc(=S)[nH]c2=O)O[C@](F)(CO)[C@@H](O)[C@H]1O. The lowest BCUT2D eigenvalue weighted by Crippen LogP contribution is -2.42.